The highest BCUT2D eigenvalue weighted by Gasteiger charge is 2.07. The van der Waals surface area contributed by atoms with E-state index in [0.717, 1.165) is 23.7 Å². The highest BCUT2D eigenvalue weighted by molar-refractivity contribution is 7.12. The van der Waals surface area contributed by atoms with Gasteiger partial charge in [0.05, 0.1) is 19.9 Å². The number of methoxy groups -OCH3 is 2. The van der Waals surface area contributed by atoms with Gasteiger partial charge in [0.2, 0.25) is 0 Å². The third-order valence-electron chi connectivity index (χ3n) is 3.02. The lowest BCUT2D eigenvalue weighted by Gasteiger charge is -2.12. The average molecular weight is 277 g/mol. The minimum Gasteiger partial charge on any atom is -0.497 e. The molecule has 1 aromatic heterocycles. The second-order valence-corrected chi connectivity index (χ2v) is 5.82. The zero-order valence-electron chi connectivity index (χ0n) is 11.7. The summed E-state index contributed by atoms with van der Waals surface area (Å²) in [5.41, 5.74) is 2.28. The van der Waals surface area contributed by atoms with Gasteiger partial charge in [0, 0.05) is 22.4 Å². The Kier molecular flexibility index (Phi) is 4.32. The Balaban J connectivity index is 2.16. The van der Waals surface area contributed by atoms with Crippen LogP contribution in [0.2, 0.25) is 0 Å². The van der Waals surface area contributed by atoms with E-state index in [4.69, 9.17) is 9.47 Å². The third kappa shape index (κ3) is 3.20. The molecule has 4 heteroatoms. The summed E-state index contributed by atoms with van der Waals surface area (Å²) >= 11 is 1.83. The van der Waals surface area contributed by atoms with Gasteiger partial charge in [0.1, 0.15) is 11.5 Å². The van der Waals surface area contributed by atoms with Gasteiger partial charge >= 0.3 is 0 Å². The molecule has 0 atom stereocenters. The zero-order valence-corrected chi connectivity index (χ0v) is 12.6. The largest absolute Gasteiger partial charge is 0.497 e. The van der Waals surface area contributed by atoms with E-state index in [1.54, 1.807) is 14.2 Å². The van der Waals surface area contributed by atoms with Crippen molar-refractivity contribution >= 4 is 17.0 Å². The minimum absolute atomic E-state index is 0.791. The minimum atomic E-state index is 0.791. The predicted molar refractivity (Wildman–Crippen MR) is 80.7 cm³/mol. The van der Waals surface area contributed by atoms with Gasteiger partial charge in [0.25, 0.3) is 0 Å². The van der Waals surface area contributed by atoms with Crippen LogP contribution in [0.1, 0.15) is 15.3 Å². The smallest absolute Gasteiger partial charge is 0.142 e. The summed E-state index contributed by atoms with van der Waals surface area (Å²) in [7, 11) is 3.34. The molecule has 2 rings (SSSR count). The van der Waals surface area contributed by atoms with Crippen molar-refractivity contribution in [2.24, 2.45) is 0 Å². The van der Waals surface area contributed by atoms with Crippen molar-refractivity contribution in [1.82, 2.24) is 0 Å². The molecule has 0 aliphatic rings. The SMILES string of the molecule is COc1ccc(OC)c(NCc2cc(C)sc2C)c1. The normalized spacial score (nSPS) is 10.3. The van der Waals surface area contributed by atoms with Crippen LogP contribution in [0.25, 0.3) is 0 Å². The Labute approximate surface area is 118 Å². The zero-order chi connectivity index (χ0) is 13.8. The fourth-order valence-electron chi connectivity index (χ4n) is 2.00. The second kappa shape index (κ2) is 5.97. The highest BCUT2D eigenvalue weighted by Crippen LogP contribution is 2.30. The summed E-state index contributed by atoms with van der Waals surface area (Å²) < 4.78 is 10.6. The van der Waals surface area contributed by atoms with Crippen molar-refractivity contribution in [1.29, 1.82) is 0 Å². The lowest BCUT2D eigenvalue weighted by atomic mass is 10.2. The molecule has 0 aliphatic carbocycles. The van der Waals surface area contributed by atoms with Crippen LogP contribution in [-0.2, 0) is 6.54 Å². The van der Waals surface area contributed by atoms with Crippen LogP contribution in [-0.4, -0.2) is 14.2 Å². The Bertz CT molecular complexity index is 563. The first-order valence-corrected chi connectivity index (χ1v) is 6.97. The maximum Gasteiger partial charge on any atom is 0.142 e. The maximum absolute atomic E-state index is 5.35. The topological polar surface area (TPSA) is 30.5 Å². The number of thiophene rings is 1. The Morgan fingerprint density at radius 1 is 1.11 bits per heavy atom. The average Bonchev–Trinajstić information content (AvgIpc) is 2.74. The summed E-state index contributed by atoms with van der Waals surface area (Å²) in [6.07, 6.45) is 0. The number of nitrogens with one attached hydrogen (secondary N) is 1. The van der Waals surface area contributed by atoms with Crippen molar-refractivity contribution < 1.29 is 9.47 Å². The molecule has 1 aromatic carbocycles. The fraction of sp³-hybridized carbons (Fsp3) is 0.333. The van der Waals surface area contributed by atoms with Crippen molar-refractivity contribution in [3.63, 3.8) is 0 Å². The number of aryl methyl sites for hydroxylation is 2. The number of hydrogen-bond donors (Lipinski definition) is 1. The molecule has 102 valence electrons. The fourth-order valence-corrected chi connectivity index (χ4v) is 2.95. The maximum atomic E-state index is 5.35. The molecule has 0 amide bonds. The molecule has 3 nitrogen and oxygen atoms in total. The van der Waals surface area contributed by atoms with E-state index in [1.807, 2.05) is 29.5 Å². The molecule has 1 N–H and O–H groups in total. The summed E-state index contributed by atoms with van der Waals surface area (Å²) in [4.78, 5) is 2.69. The van der Waals surface area contributed by atoms with Crippen LogP contribution >= 0.6 is 11.3 Å². The first-order chi connectivity index (χ1) is 9.13. The van der Waals surface area contributed by atoms with Gasteiger partial charge in [-0.3, -0.25) is 0 Å². The molecule has 0 saturated heterocycles. The molecule has 0 unspecified atom stereocenters. The van der Waals surface area contributed by atoms with E-state index < -0.39 is 0 Å². The van der Waals surface area contributed by atoms with Crippen molar-refractivity contribution in [2.45, 2.75) is 20.4 Å². The number of rotatable bonds is 5. The molecule has 2 aromatic rings. The molecule has 0 spiro atoms. The van der Waals surface area contributed by atoms with Gasteiger partial charge in [-0.2, -0.15) is 0 Å². The van der Waals surface area contributed by atoms with E-state index in [0.29, 0.717) is 0 Å². The number of hydrogen-bond acceptors (Lipinski definition) is 4. The van der Waals surface area contributed by atoms with Crippen LogP contribution in [0.3, 0.4) is 0 Å². The van der Waals surface area contributed by atoms with E-state index >= 15 is 0 Å². The molecule has 0 aliphatic heterocycles. The van der Waals surface area contributed by atoms with Gasteiger partial charge < -0.3 is 14.8 Å². The molecule has 0 bridgehead atoms. The van der Waals surface area contributed by atoms with Crippen LogP contribution in [0.4, 0.5) is 5.69 Å². The van der Waals surface area contributed by atoms with E-state index in [-0.39, 0.29) is 0 Å². The van der Waals surface area contributed by atoms with Crippen LogP contribution in [0.5, 0.6) is 11.5 Å². The van der Waals surface area contributed by atoms with Crippen LogP contribution in [0, 0.1) is 13.8 Å². The van der Waals surface area contributed by atoms with Crippen molar-refractivity contribution in [3.8, 4) is 11.5 Å². The molecular weight excluding hydrogens is 258 g/mol. The van der Waals surface area contributed by atoms with Gasteiger partial charge in [-0.1, -0.05) is 0 Å². The molecular formula is C15H19NO2S. The summed E-state index contributed by atoms with van der Waals surface area (Å²) in [5.74, 6) is 1.65. The van der Waals surface area contributed by atoms with Crippen LogP contribution < -0.4 is 14.8 Å². The van der Waals surface area contributed by atoms with E-state index in [9.17, 15) is 0 Å². The Morgan fingerprint density at radius 3 is 2.47 bits per heavy atom. The molecule has 0 fully saturated rings. The van der Waals surface area contributed by atoms with E-state index in [1.165, 1.54) is 15.3 Å². The van der Waals surface area contributed by atoms with Gasteiger partial charge in [-0.05, 0) is 37.6 Å². The van der Waals surface area contributed by atoms with Crippen molar-refractivity contribution in [2.75, 3.05) is 19.5 Å². The summed E-state index contributed by atoms with van der Waals surface area (Å²) in [6.45, 7) is 5.07. The summed E-state index contributed by atoms with van der Waals surface area (Å²) in [6, 6.07) is 7.98. The molecule has 19 heavy (non-hydrogen) atoms. The molecule has 0 saturated carbocycles. The predicted octanol–water partition coefficient (Wildman–Crippen LogP) is 3.99. The van der Waals surface area contributed by atoms with Gasteiger partial charge in [-0.15, -0.1) is 11.3 Å². The van der Waals surface area contributed by atoms with Crippen molar-refractivity contribution in [3.05, 3.63) is 39.6 Å². The monoisotopic (exact) mass is 277 g/mol. The first kappa shape index (κ1) is 13.7. The van der Waals surface area contributed by atoms with Crippen LogP contribution in [0.15, 0.2) is 24.3 Å². The molecule has 1 heterocycles. The lowest BCUT2D eigenvalue weighted by molar-refractivity contribution is 0.404. The number of anilines is 1. The third-order valence-corrected chi connectivity index (χ3v) is 4.03. The Hall–Kier alpha value is -1.68. The summed E-state index contributed by atoms with van der Waals surface area (Å²) in [5, 5.41) is 3.41. The van der Waals surface area contributed by atoms with Gasteiger partial charge in [0.15, 0.2) is 0 Å². The second-order valence-electron chi connectivity index (χ2n) is 4.36. The molecule has 0 radical (unpaired) electrons. The van der Waals surface area contributed by atoms with Gasteiger partial charge in [-0.25, -0.2) is 0 Å². The Morgan fingerprint density at radius 2 is 1.89 bits per heavy atom. The lowest BCUT2D eigenvalue weighted by Crippen LogP contribution is -2.02. The standard InChI is InChI=1S/C15H19NO2S/c1-10-7-12(11(2)19-10)9-16-14-8-13(17-3)5-6-15(14)18-4/h5-8,16H,9H2,1-4H3. The van der Waals surface area contributed by atoms with E-state index in [2.05, 4.69) is 25.2 Å². The number of ether oxygens (including phenoxy) is 2. The number of benzene rings is 1. The quantitative estimate of drug-likeness (QED) is 0.896. The first-order valence-electron chi connectivity index (χ1n) is 6.16. The highest BCUT2D eigenvalue weighted by atomic mass is 32.1.